The maximum Gasteiger partial charge on any atom is 0.329 e. The van der Waals surface area contributed by atoms with E-state index in [2.05, 4.69) is 0 Å². The summed E-state index contributed by atoms with van der Waals surface area (Å²) < 4.78 is 37.9. The van der Waals surface area contributed by atoms with Gasteiger partial charge >= 0.3 is 5.97 Å². The van der Waals surface area contributed by atoms with Crippen molar-refractivity contribution in [2.45, 2.75) is 30.7 Å². The van der Waals surface area contributed by atoms with Gasteiger partial charge in [-0.05, 0) is 55.7 Å². The summed E-state index contributed by atoms with van der Waals surface area (Å²) in [5.74, 6) is 0.152. The van der Waals surface area contributed by atoms with E-state index in [1.54, 1.807) is 49.6 Å². The van der Waals surface area contributed by atoms with Crippen molar-refractivity contribution >= 4 is 22.1 Å². The van der Waals surface area contributed by atoms with Crippen LogP contribution in [0.2, 0.25) is 0 Å². The molecule has 1 saturated heterocycles. The highest BCUT2D eigenvalue weighted by Crippen LogP contribution is 2.35. The van der Waals surface area contributed by atoms with Gasteiger partial charge in [-0.3, -0.25) is 4.31 Å². The fourth-order valence-corrected chi connectivity index (χ4v) is 4.92. The minimum atomic E-state index is -3.90. The molecule has 0 unspecified atom stereocenters. The maximum atomic E-state index is 13.3. The highest BCUT2D eigenvalue weighted by atomic mass is 32.2. The standard InChI is InChI=1S/C21H23NO5S/c1-15-4-11-19(12-5-15)28(24,25)22-17(8-13-20(22)21(23)27-3)14-16-6-9-18(26-2)10-7-16/h4-7,9-12,14,20H,8,13H2,1-3H3/b17-14+/t20-/m1/s1. The van der Waals surface area contributed by atoms with Crippen molar-refractivity contribution in [3.8, 4) is 5.75 Å². The second kappa shape index (κ2) is 8.06. The van der Waals surface area contributed by atoms with Crippen LogP contribution in [-0.2, 0) is 19.6 Å². The molecule has 0 spiro atoms. The molecule has 1 aliphatic heterocycles. The zero-order valence-corrected chi connectivity index (χ0v) is 16.9. The summed E-state index contributed by atoms with van der Waals surface area (Å²) in [7, 11) is -1.05. The van der Waals surface area contributed by atoms with Crippen molar-refractivity contribution in [1.29, 1.82) is 0 Å². The number of carbonyl (C=O) groups excluding carboxylic acids is 1. The Bertz CT molecular complexity index is 978. The maximum absolute atomic E-state index is 13.3. The Morgan fingerprint density at radius 1 is 1.07 bits per heavy atom. The zero-order valence-electron chi connectivity index (χ0n) is 16.1. The Kier molecular flexibility index (Phi) is 5.74. The minimum absolute atomic E-state index is 0.148. The van der Waals surface area contributed by atoms with Crippen LogP contribution in [0.4, 0.5) is 0 Å². The minimum Gasteiger partial charge on any atom is -0.497 e. The van der Waals surface area contributed by atoms with Crippen LogP contribution in [0.1, 0.15) is 24.0 Å². The Hall–Kier alpha value is -2.80. The number of aryl methyl sites for hydroxylation is 1. The third kappa shape index (κ3) is 3.89. The van der Waals surface area contributed by atoms with Crippen molar-refractivity contribution in [3.63, 3.8) is 0 Å². The number of ether oxygens (including phenoxy) is 2. The predicted octanol–water partition coefficient (Wildman–Crippen LogP) is 3.37. The Balaban J connectivity index is 2.05. The van der Waals surface area contributed by atoms with Crippen LogP contribution in [0.3, 0.4) is 0 Å². The van der Waals surface area contributed by atoms with E-state index >= 15 is 0 Å². The number of methoxy groups -OCH3 is 2. The second-order valence-corrected chi connectivity index (χ2v) is 8.42. The number of allylic oxidation sites excluding steroid dienone is 1. The third-order valence-electron chi connectivity index (χ3n) is 4.74. The highest BCUT2D eigenvalue weighted by molar-refractivity contribution is 7.89. The molecule has 3 rings (SSSR count). The van der Waals surface area contributed by atoms with Gasteiger partial charge in [0.15, 0.2) is 0 Å². The van der Waals surface area contributed by atoms with Crippen LogP contribution in [-0.4, -0.2) is 39.0 Å². The fourth-order valence-electron chi connectivity index (χ4n) is 3.24. The van der Waals surface area contributed by atoms with Crippen molar-refractivity contribution in [1.82, 2.24) is 4.31 Å². The van der Waals surface area contributed by atoms with Crippen LogP contribution in [0.15, 0.2) is 59.1 Å². The van der Waals surface area contributed by atoms with E-state index < -0.39 is 22.0 Å². The molecule has 2 aromatic rings. The Labute approximate surface area is 165 Å². The lowest BCUT2D eigenvalue weighted by Gasteiger charge is -2.26. The zero-order chi connectivity index (χ0) is 20.3. The van der Waals surface area contributed by atoms with Gasteiger partial charge in [0.25, 0.3) is 10.0 Å². The van der Waals surface area contributed by atoms with Gasteiger partial charge in [0.2, 0.25) is 0 Å². The normalized spacial score (nSPS) is 18.3. The summed E-state index contributed by atoms with van der Waals surface area (Å²) in [6.07, 6.45) is 2.62. The van der Waals surface area contributed by atoms with Crippen molar-refractivity contribution in [3.05, 3.63) is 65.4 Å². The fraction of sp³-hybridized carbons (Fsp3) is 0.286. The molecule has 0 saturated carbocycles. The van der Waals surface area contributed by atoms with Gasteiger partial charge in [-0.25, -0.2) is 13.2 Å². The van der Waals surface area contributed by atoms with E-state index in [9.17, 15) is 13.2 Å². The lowest BCUT2D eigenvalue weighted by atomic mass is 10.1. The van der Waals surface area contributed by atoms with E-state index in [0.717, 1.165) is 11.1 Å². The molecular formula is C21H23NO5S. The molecule has 0 aromatic heterocycles. The number of benzene rings is 2. The molecule has 28 heavy (non-hydrogen) atoms. The number of hydrogen-bond acceptors (Lipinski definition) is 5. The predicted molar refractivity (Wildman–Crippen MR) is 106 cm³/mol. The second-order valence-electron chi connectivity index (χ2n) is 6.60. The Morgan fingerprint density at radius 3 is 2.29 bits per heavy atom. The van der Waals surface area contributed by atoms with Gasteiger partial charge in [-0.2, -0.15) is 0 Å². The number of sulfonamides is 1. The van der Waals surface area contributed by atoms with Gasteiger partial charge in [0, 0.05) is 5.70 Å². The van der Waals surface area contributed by atoms with Crippen LogP contribution >= 0.6 is 0 Å². The first-order valence-electron chi connectivity index (χ1n) is 8.90. The molecule has 1 aliphatic rings. The molecule has 148 valence electrons. The molecule has 7 heteroatoms. The molecular weight excluding hydrogens is 378 g/mol. The number of esters is 1. The number of rotatable bonds is 5. The van der Waals surface area contributed by atoms with Crippen LogP contribution in [0.25, 0.3) is 6.08 Å². The topological polar surface area (TPSA) is 72.9 Å². The molecule has 2 aromatic carbocycles. The first kappa shape index (κ1) is 19.9. The summed E-state index contributed by atoms with van der Waals surface area (Å²) >= 11 is 0. The van der Waals surface area contributed by atoms with E-state index in [-0.39, 0.29) is 4.90 Å². The molecule has 1 heterocycles. The lowest BCUT2D eigenvalue weighted by molar-refractivity contribution is -0.144. The Morgan fingerprint density at radius 2 is 1.71 bits per heavy atom. The molecule has 1 fully saturated rings. The third-order valence-corrected chi connectivity index (χ3v) is 6.61. The molecule has 6 nitrogen and oxygen atoms in total. The number of carbonyl (C=O) groups is 1. The van der Waals surface area contributed by atoms with Crippen LogP contribution in [0.5, 0.6) is 5.75 Å². The average Bonchev–Trinajstić information content (AvgIpc) is 3.12. The van der Waals surface area contributed by atoms with Gasteiger partial charge in [-0.1, -0.05) is 29.8 Å². The molecule has 0 amide bonds. The number of nitrogens with zero attached hydrogens (tertiary/aromatic N) is 1. The van der Waals surface area contributed by atoms with Gasteiger partial charge < -0.3 is 9.47 Å². The SMILES string of the molecule is COC(=O)[C@H]1CC/C(=C\c2ccc(OC)cc2)N1S(=O)(=O)c1ccc(C)cc1. The summed E-state index contributed by atoms with van der Waals surface area (Å²) in [5.41, 5.74) is 2.34. The molecule has 1 atom stereocenters. The lowest BCUT2D eigenvalue weighted by Crippen LogP contribution is -2.40. The molecule has 0 radical (unpaired) electrons. The van der Waals surface area contributed by atoms with E-state index in [4.69, 9.17) is 9.47 Å². The quantitative estimate of drug-likeness (QED) is 0.718. The van der Waals surface area contributed by atoms with Crippen LogP contribution in [0, 0.1) is 6.92 Å². The van der Waals surface area contributed by atoms with E-state index in [1.807, 2.05) is 19.1 Å². The van der Waals surface area contributed by atoms with Crippen molar-refractivity contribution < 1.29 is 22.7 Å². The van der Waals surface area contributed by atoms with Gasteiger partial charge in [0.1, 0.15) is 11.8 Å². The molecule has 0 N–H and O–H groups in total. The highest BCUT2D eigenvalue weighted by Gasteiger charge is 2.42. The van der Waals surface area contributed by atoms with Crippen LogP contribution < -0.4 is 4.74 Å². The monoisotopic (exact) mass is 401 g/mol. The first-order chi connectivity index (χ1) is 13.4. The van der Waals surface area contributed by atoms with Gasteiger partial charge in [0.05, 0.1) is 19.1 Å². The summed E-state index contributed by atoms with van der Waals surface area (Å²) in [4.78, 5) is 12.4. The van der Waals surface area contributed by atoms with E-state index in [0.29, 0.717) is 24.3 Å². The summed E-state index contributed by atoms with van der Waals surface area (Å²) in [6.45, 7) is 1.89. The largest absolute Gasteiger partial charge is 0.497 e. The van der Waals surface area contributed by atoms with Crippen molar-refractivity contribution in [2.75, 3.05) is 14.2 Å². The number of hydrogen-bond donors (Lipinski definition) is 0. The first-order valence-corrected chi connectivity index (χ1v) is 10.3. The van der Waals surface area contributed by atoms with Gasteiger partial charge in [-0.15, -0.1) is 0 Å². The van der Waals surface area contributed by atoms with Crippen molar-refractivity contribution in [2.24, 2.45) is 0 Å². The molecule has 0 aliphatic carbocycles. The smallest absolute Gasteiger partial charge is 0.329 e. The summed E-state index contributed by atoms with van der Waals surface area (Å²) in [6, 6.07) is 13.0. The summed E-state index contributed by atoms with van der Waals surface area (Å²) in [5, 5.41) is 0. The van der Waals surface area contributed by atoms with E-state index in [1.165, 1.54) is 11.4 Å². The molecule has 0 bridgehead atoms. The average molecular weight is 401 g/mol.